The van der Waals surface area contributed by atoms with Gasteiger partial charge in [0, 0.05) is 30.4 Å². The highest BCUT2D eigenvalue weighted by Crippen LogP contribution is 2.23. The standard InChI is InChI=1S/C18H22N2OS/c1-14-7-4-5-8-15(14)11-12-22-17-10-6-9-16(13-17)19-18(21)20(2)3/h4-10,13H,11-12H2,1-3H3,(H,19,21). The van der Waals surface area contributed by atoms with Crippen molar-refractivity contribution in [3.05, 3.63) is 59.7 Å². The van der Waals surface area contributed by atoms with Crippen LogP contribution in [0.25, 0.3) is 0 Å². The molecule has 0 aliphatic carbocycles. The second kappa shape index (κ2) is 7.90. The van der Waals surface area contributed by atoms with Crippen LogP contribution in [0.5, 0.6) is 0 Å². The lowest BCUT2D eigenvalue weighted by molar-refractivity contribution is 0.230. The minimum absolute atomic E-state index is 0.109. The van der Waals surface area contributed by atoms with E-state index < -0.39 is 0 Å². The quantitative estimate of drug-likeness (QED) is 0.828. The predicted molar refractivity (Wildman–Crippen MR) is 94.8 cm³/mol. The average molecular weight is 314 g/mol. The lowest BCUT2D eigenvalue weighted by Gasteiger charge is -2.12. The van der Waals surface area contributed by atoms with Gasteiger partial charge >= 0.3 is 6.03 Å². The van der Waals surface area contributed by atoms with E-state index in [0.29, 0.717) is 0 Å². The second-order valence-electron chi connectivity index (χ2n) is 5.38. The number of urea groups is 1. The van der Waals surface area contributed by atoms with Crippen LogP contribution in [0.3, 0.4) is 0 Å². The van der Waals surface area contributed by atoms with Crippen molar-refractivity contribution in [2.75, 3.05) is 25.2 Å². The van der Waals surface area contributed by atoms with Gasteiger partial charge in [0.2, 0.25) is 0 Å². The van der Waals surface area contributed by atoms with Gasteiger partial charge in [0.15, 0.2) is 0 Å². The zero-order chi connectivity index (χ0) is 15.9. The molecule has 0 saturated carbocycles. The van der Waals surface area contributed by atoms with Crippen molar-refractivity contribution in [2.45, 2.75) is 18.2 Å². The fourth-order valence-electron chi connectivity index (χ4n) is 2.07. The maximum absolute atomic E-state index is 11.7. The van der Waals surface area contributed by atoms with Gasteiger partial charge in [0.25, 0.3) is 0 Å². The van der Waals surface area contributed by atoms with E-state index >= 15 is 0 Å². The van der Waals surface area contributed by atoms with Crippen molar-refractivity contribution in [2.24, 2.45) is 0 Å². The highest BCUT2D eigenvalue weighted by Gasteiger charge is 2.04. The summed E-state index contributed by atoms with van der Waals surface area (Å²) in [5.74, 6) is 1.02. The number of rotatable bonds is 5. The first kappa shape index (κ1) is 16.4. The average Bonchev–Trinajstić information content (AvgIpc) is 2.49. The highest BCUT2D eigenvalue weighted by molar-refractivity contribution is 7.99. The molecule has 0 unspecified atom stereocenters. The molecular formula is C18H22N2OS. The maximum Gasteiger partial charge on any atom is 0.321 e. The van der Waals surface area contributed by atoms with Gasteiger partial charge in [-0.3, -0.25) is 0 Å². The van der Waals surface area contributed by atoms with E-state index in [9.17, 15) is 4.79 Å². The first-order valence-corrected chi connectivity index (χ1v) is 8.30. The Balaban J connectivity index is 1.91. The Morgan fingerprint density at radius 2 is 1.91 bits per heavy atom. The third-order valence-electron chi connectivity index (χ3n) is 3.39. The van der Waals surface area contributed by atoms with Gasteiger partial charge in [-0.2, -0.15) is 0 Å². The van der Waals surface area contributed by atoms with Gasteiger partial charge in [0.1, 0.15) is 0 Å². The largest absolute Gasteiger partial charge is 0.331 e. The molecule has 1 N–H and O–H groups in total. The van der Waals surface area contributed by atoms with E-state index in [4.69, 9.17) is 0 Å². The number of benzene rings is 2. The van der Waals surface area contributed by atoms with Crippen LogP contribution < -0.4 is 5.32 Å². The molecule has 0 bridgehead atoms. The number of aryl methyl sites for hydroxylation is 2. The number of hydrogen-bond acceptors (Lipinski definition) is 2. The Morgan fingerprint density at radius 3 is 2.64 bits per heavy atom. The summed E-state index contributed by atoms with van der Waals surface area (Å²) in [6.45, 7) is 2.15. The highest BCUT2D eigenvalue weighted by atomic mass is 32.2. The van der Waals surface area contributed by atoms with Gasteiger partial charge in [-0.1, -0.05) is 30.3 Å². The van der Waals surface area contributed by atoms with Crippen molar-refractivity contribution in [1.29, 1.82) is 0 Å². The van der Waals surface area contributed by atoms with Crippen LogP contribution in [0.15, 0.2) is 53.4 Å². The van der Waals surface area contributed by atoms with Gasteiger partial charge in [0.05, 0.1) is 0 Å². The Bertz CT molecular complexity index is 640. The predicted octanol–water partition coefficient (Wildman–Crippen LogP) is 4.42. The molecule has 0 spiro atoms. The summed E-state index contributed by atoms with van der Waals surface area (Å²) in [4.78, 5) is 14.4. The Labute approximate surface area is 136 Å². The molecule has 0 aromatic heterocycles. The minimum atomic E-state index is -0.109. The number of hydrogen-bond donors (Lipinski definition) is 1. The third kappa shape index (κ3) is 4.81. The van der Waals surface area contributed by atoms with Crippen molar-refractivity contribution < 1.29 is 4.79 Å². The molecule has 0 aliphatic heterocycles. The van der Waals surface area contributed by atoms with Crippen LogP contribution in [0.2, 0.25) is 0 Å². The van der Waals surface area contributed by atoms with Crippen LogP contribution in [0.1, 0.15) is 11.1 Å². The molecule has 4 heteroatoms. The second-order valence-corrected chi connectivity index (χ2v) is 6.55. The molecule has 2 aromatic rings. The van der Waals surface area contributed by atoms with Gasteiger partial charge in [-0.25, -0.2) is 4.79 Å². The molecule has 0 radical (unpaired) electrons. The van der Waals surface area contributed by atoms with Crippen LogP contribution in [0.4, 0.5) is 10.5 Å². The van der Waals surface area contributed by atoms with Gasteiger partial charge < -0.3 is 10.2 Å². The number of thioether (sulfide) groups is 1. The first-order valence-electron chi connectivity index (χ1n) is 7.32. The molecular weight excluding hydrogens is 292 g/mol. The number of anilines is 1. The summed E-state index contributed by atoms with van der Waals surface area (Å²) in [5, 5.41) is 2.87. The molecule has 2 aromatic carbocycles. The molecule has 0 aliphatic rings. The van der Waals surface area contributed by atoms with E-state index in [1.165, 1.54) is 20.9 Å². The smallest absolute Gasteiger partial charge is 0.321 e. The number of nitrogens with zero attached hydrogens (tertiary/aromatic N) is 1. The molecule has 0 fully saturated rings. The lowest BCUT2D eigenvalue weighted by atomic mass is 10.1. The van der Waals surface area contributed by atoms with Crippen LogP contribution in [0, 0.1) is 6.92 Å². The molecule has 0 heterocycles. The molecule has 116 valence electrons. The maximum atomic E-state index is 11.7. The number of amides is 2. The Kier molecular flexibility index (Phi) is 5.90. The van der Waals surface area contributed by atoms with E-state index in [0.717, 1.165) is 17.9 Å². The van der Waals surface area contributed by atoms with E-state index in [1.54, 1.807) is 14.1 Å². The summed E-state index contributed by atoms with van der Waals surface area (Å²) in [5.41, 5.74) is 3.57. The first-order chi connectivity index (χ1) is 10.6. The molecule has 3 nitrogen and oxygen atoms in total. The third-order valence-corrected chi connectivity index (χ3v) is 4.39. The molecule has 0 atom stereocenters. The van der Waals surface area contributed by atoms with E-state index in [-0.39, 0.29) is 6.03 Å². The fourth-order valence-corrected chi connectivity index (χ4v) is 3.01. The molecule has 2 rings (SSSR count). The summed E-state index contributed by atoms with van der Waals surface area (Å²) in [6.07, 6.45) is 1.05. The van der Waals surface area contributed by atoms with Crippen LogP contribution in [-0.4, -0.2) is 30.8 Å². The number of carbonyl (C=O) groups excluding carboxylic acids is 1. The van der Waals surface area contributed by atoms with Crippen LogP contribution in [-0.2, 0) is 6.42 Å². The summed E-state index contributed by atoms with van der Waals surface area (Å²) in [7, 11) is 3.46. The number of nitrogens with one attached hydrogen (secondary N) is 1. The van der Waals surface area contributed by atoms with Crippen molar-refractivity contribution in [3.63, 3.8) is 0 Å². The summed E-state index contributed by atoms with van der Waals surface area (Å²) < 4.78 is 0. The Hall–Kier alpha value is -1.94. The molecule has 22 heavy (non-hydrogen) atoms. The van der Waals surface area contributed by atoms with E-state index in [1.807, 2.05) is 30.0 Å². The number of carbonyl (C=O) groups is 1. The zero-order valence-electron chi connectivity index (χ0n) is 13.3. The van der Waals surface area contributed by atoms with Gasteiger partial charge in [-0.05, 0) is 42.7 Å². The van der Waals surface area contributed by atoms with Crippen molar-refractivity contribution in [3.8, 4) is 0 Å². The van der Waals surface area contributed by atoms with Crippen molar-refractivity contribution >= 4 is 23.5 Å². The molecule has 0 saturated heterocycles. The Morgan fingerprint density at radius 1 is 1.14 bits per heavy atom. The monoisotopic (exact) mass is 314 g/mol. The van der Waals surface area contributed by atoms with E-state index in [2.05, 4.69) is 42.6 Å². The normalized spacial score (nSPS) is 10.3. The summed E-state index contributed by atoms with van der Waals surface area (Å²) in [6, 6.07) is 16.4. The zero-order valence-corrected chi connectivity index (χ0v) is 14.1. The minimum Gasteiger partial charge on any atom is -0.331 e. The van der Waals surface area contributed by atoms with Crippen molar-refractivity contribution in [1.82, 2.24) is 4.90 Å². The van der Waals surface area contributed by atoms with Crippen LogP contribution >= 0.6 is 11.8 Å². The topological polar surface area (TPSA) is 32.3 Å². The lowest BCUT2D eigenvalue weighted by Crippen LogP contribution is -2.27. The SMILES string of the molecule is Cc1ccccc1CCSc1cccc(NC(=O)N(C)C)c1. The molecule has 2 amide bonds. The van der Waals surface area contributed by atoms with Gasteiger partial charge in [-0.15, -0.1) is 11.8 Å². The fraction of sp³-hybridized carbons (Fsp3) is 0.278. The summed E-state index contributed by atoms with van der Waals surface area (Å²) >= 11 is 1.81.